The topological polar surface area (TPSA) is 71.8 Å². The molecule has 0 bridgehead atoms. The van der Waals surface area contributed by atoms with Crippen molar-refractivity contribution in [3.63, 3.8) is 0 Å². The van der Waals surface area contributed by atoms with Crippen LogP contribution in [0.1, 0.15) is 27.2 Å². The van der Waals surface area contributed by atoms with Gasteiger partial charge in [0.2, 0.25) is 17.8 Å². The Bertz CT molecular complexity index is 552. The number of hydrogen-bond acceptors (Lipinski definition) is 6. The van der Waals surface area contributed by atoms with Gasteiger partial charge in [-0.15, -0.1) is 0 Å². The molecule has 0 spiro atoms. The molecule has 0 aliphatic rings. The maximum Gasteiger partial charge on any atom is 0.241 e. The second kappa shape index (κ2) is 7.01. The number of aromatic nitrogens is 5. The highest BCUT2D eigenvalue weighted by Gasteiger charge is 2.14. The van der Waals surface area contributed by atoms with Gasteiger partial charge in [-0.2, -0.15) is 15.0 Å². The molecule has 1 atom stereocenters. The van der Waals surface area contributed by atoms with E-state index < -0.39 is 0 Å². The van der Waals surface area contributed by atoms with Crippen LogP contribution in [0.15, 0.2) is 18.7 Å². The fraction of sp³-hybridized carbons (Fsp3) is 0.571. The van der Waals surface area contributed by atoms with Crippen LogP contribution in [-0.4, -0.2) is 44.6 Å². The molecular weight excluding hydrogens is 266 g/mol. The van der Waals surface area contributed by atoms with Crippen molar-refractivity contribution in [2.24, 2.45) is 5.92 Å². The van der Waals surface area contributed by atoms with Gasteiger partial charge in [-0.3, -0.25) is 4.57 Å². The van der Waals surface area contributed by atoms with E-state index in [0.717, 1.165) is 19.5 Å². The normalized spacial score (nSPS) is 12.2. The zero-order valence-corrected chi connectivity index (χ0v) is 13.1. The lowest BCUT2D eigenvalue weighted by Gasteiger charge is -2.24. The average molecular weight is 289 g/mol. The van der Waals surface area contributed by atoms with E-state index in [1.165, 1.54) is 0 Å². The van der Waals surface area contributed by atoms with Crippen LogP contribution in [0.5, 0.6) is 0 Å². The average Bonchev–Trinajstić information content (AvgIpc) is 3.06. The van der Waals surface area contributed by atoms with E-state index in [2.05, 4.69) is 50.9 Å². The quantitative estimate of drug-likeness (QED) is 0.840. The highest BCUT2D eigenvalue weighted by molar-refractivity contribution is 5.39. The van der Waals surface area contributed by atoms with E-state index in [1.807, 2.05) is 13.2 Å². The third-order valence-electron chi connectivity index (χ3n) is 3.46. The molecule has 1 unspecified atom stereocenters. The lowest BCUT2D eigenvalue weighted by atomic mass is 10.1. The SMILES string of the molecule is CCC(C)CN(CC)c1nc(NC)nc(-n2ccnc2)n1. The van der Waals surface area contributed by atoms with Crippen LogP contribution >= 0.6 is 0 Å². The molecular formula is C14H23N7. The summed E-state index contributed by atoms with van der Waals surface area (Å²) in [4.78, 5) is 19.6. The highest BCUT2D eigenvalue weighted by atomic mass is 15.3. The molecule has 0 aliphatic carbocycles. The first-order valence-electron chi connectivity index (χ1n) is 7.35. The molecule has 2 heterocycles. The molecule has 0 saturated heterocycles. The van der Waals surface area contributed by atoms with E-state index in [0.29, 0.717) is 23.8 Å². The second-order valence-corrected chi connectivity index (χ2v) is 5.03. The lowest BCUT2D eigenvalue weighted by molar-refractivity contribution is 0.542. The van der Waals surface area contributed by atoms with Crippen LogP contribution in [0.4, 0.5) is 11.9 Å². The first-order valence-corrected chi connectivity index (χ1v) is 7.35. The zero-order chi connectivity index (χ0) is 15.2. The number of hydrogen-bond donors (Lipinski definition) is 1. The van der Waals surface area contributed by atoms with E-state index in [9.17, 15) is 0 Å². The Morgan fingerprint density at radius 3 is 2.67 bits per heavy atom. The van der Waals surface area contributed by atoms with E-state index in [4.69, 9.17) is 0 Å². The summed E-state index contributed by atoms with van der Waals surface area (Å²) in [6, 6.07) is 0. The maximum absolute atomic E-state index is 4.57. The highest BCUT2D eigenvalue weighted by Crippen LogP contribution is 2.15. The monoisotopic (exact) mass is 289 g/mol. The van der Waals surface area contributed by atoms with Gasteiger partial charge in [-0.25, -0.2) is 4.98 Å². The summed E-state index contributed by atoms with van der Waals surface area (Å²) in [7, 11) is 1.81. The van der Waals surface area contributed by atoms with Gasteiger partial charge in [0.25, 0.3) is 0 Å². The van der Waals surface area contributed by atoms with Crippen molar-refractivity contribution in [3.8, 4) is 5.95 Å². The molecule has 0 fully saturated rings. The van der Waals surface area contributed by atoms with Crippen molar-refractivity contribution in [2.75, 3.05) is 30.4 Å². The number of anilines is 2. The predicted molar refractivity (Wildman–Crippen MR) is 83.8 cm³/mol. The molecule has 2 aromatic heterocycles. The summed E-state index contributed by atoms with van der Waals surface area (Å²) in [6.07, 6.45) is 6.35. The molecule has 2 aromatic rings. The smallest absolute Gasteiger partial charge is 0.241 e. The van der Waals surface area contributed by atoms with Crippen LogP contribution in [-0.2, 0) is 0 Å². The Morgan fingerprint density at radius 1 is 1.29 bits per heavy atom. The van der Waals surface area contributed by atoms with Crippen molar-refractivity contribution in [2.45, 2.75) is 27.2 Å². The number of imidazole rings is 1. The minimum Gasteiger partial charge on any atom is -0.357 e. The van der Waals surface area contributed by atoms with Gasteiger partial charge in [0.1, 0.15) is 6.33 Å². The molecule has 0 radical (unpaired) electrons. The van der Waals surface area contributed by atoms with Gasteiger partial charge in [0, 0.05) is 32.5 Å². The zero-order valence-electron chi connectivity index (χ0n) is 13.1. The van der Waals surface area contributed by atoms with E-state index in [-0.39, 0.29) is 0 Å². The van der Waals surface area contributed by atoms with Gasteiger partial charge in [-0.1, -0.05) is 20.3 Å². The van der Waals surface area contributed by atoms with Gasteiger partial charge in [0.05, 0.1) is 0 Å². The van der Waals surface area contributed by atoms with Gasteiger partial charge in [-0.05, 0) is 12.8 Å². The summed E-state index contributed by atoms with van der Waals surface area (Å²) in [6.45, 7) is 8.34. The first kappa shape index (κ1) is 15.2. The largest absolute Gasteiger partial charge is 0.357 e. The van der Waals surface area contributed by atoms with Crippen LogP contribution in [0.2, 0.25) is 0 Å². The molecule has 7 nitrogen and oxygen atoms in total. The first-order chi connectivity index (χ1) is 10.2. The molecule has 7 heteroatoms. The third kappa shape index (κ3) is 3.68. The van der Waals surface area contributed by atoms with Gasteiger partial charge >= 0.3 is 0 Å². The molecule has 1 N–H and O–H groups in total. The molecule has 21 heavy (non-hydrogen) atoms. The molecule has 0 amide bonds. The Labute approximate surface area is 125 Å². The number of nitrogens with one attached hydrogen (secondary N) is 1. The Kier molecular flexibility index (Phi) is 5.08. The van der Waals surface area contributed by atoms with Gasteiger partial charge < -0.3 is 10.2 Å². The van der Waals surface area contributed by atoms with Crippen LogP contribution in [0.25, 0.3) is 5.95 Å². The third-order valence-corrected chi connectivity index (χ3v) is 3.46. The number of rotatable bonds is 7. The van der Waals surface area contributed by atoms with Crippen molar-refractivity contribution >= 4 is 11.9 Å². The van der Waals surface area contributed by atoms with Gasteiger partial charge in [0.15, 0.2) is 0 Å². The summed E-state index contributed by atoms with van der Waals surface area (Å²) in [5.41, 5.74) is 0. The molecule has 114 valence electrons. The summed E-state index contributed by atoms with van der Waals surface area (Å²) in [5.74, 6) is 2.42. The Balaban J connectivity index is 2.35. The maximum atomic E-state index is 4.57. The fourth-order valence-corrected chi connectivity index (χ4v) is 1.96. The predicted octanol–water partition coefficient (Wildman–Crippen LogP) is 1.97. The molecule has 2 rings (SSSR count). The fourth-order valence-electron chi connectivity index (χ4n) is 1.96. The minimum atomic E-state index is 0.561. The van der Waals surface area contributed by atoms with Crippen LogP contribution < -0.4 is 10.2 Å². The van der Waals surface area contributed by atoms with Crippen LogP contribution in [0, 0.1) is 5.92 Å². The number of nitrogens with zero attached hydrogens (tertiary/aromatic N) is 6. The Hall–Kier alpha value is -2.18. The van der Waals surface area contributed by atoms with Crippen LogP contribution in [0.3, 0.4) is 0 Å². The second-order valence-electron chi connectivity index (χ2n) is 5.03. The summed E-state index contributed by atoms with van der Waals surface area (Å²) in [5, 5.41) is 2.99. The Morgan fingerprint density at radius 2 is 2.10 bits per heavy atom. The summed E-state index contributed by atoms with van der Waals surface area (Å²) >= 11 is 0. The van der Waals surface area contributed by atoms with Crippen molar-refractivity contribution in [1.29, 1.82) is 0 Å². The summed E-state index contributed by atoms with van der Waals surface area (Å²) < 4.78 is 1.78. The van der Waals surface area contributed by atoms with Crippen molar-refractivity contribution in [1.82, 2.24) is 24.5 Å². The molecule has 0 aromatic carbocycles. The minimum absolute atomic E-state index is 0.561. The van der Waals surface area contributed by atoms with E-state index in [1.54, 1.807) is 17.1 Å². The van der Waals surface area contributed by atoms with E-state index >= 15 is 0 Å². The lowest BCUT2D eigenvalue weighted by Crippen LogP contribution is -2.30. The molecule has 0 aliphatic heterocycles. The molecule has 0 saturated carbocycles. The van der Waals surface area contributed by atoms with Crippen molar-refractivity contribution in [3.05, 3.63) is 18.7 Å². The van der Waals surface area contributed by atoms with Crippen molar-refractivity contribution < 1.29 is 0 Å². The standard InChI is InChI=1S/C14H23N7/c1-5-11(3)9-20(6-2)13-17-12(15-4)18-14(19-13)21-8-7-16-10-21/h7-8,10-11H,5-6,9H2,1-4H3,(H,15,17,18,19).